The maximum atomic E-state index is 13.0. The zero-order valence-electron chi connectivity index (χ0n) is 13.3. The third-order valence-electron chi connectivity index (χ3n) is 4.46. The maximum absolute atomic E-state index is 13.0. The van der Waals surface area contributed by atoms with Crippen molar-refractivity contribution < 1.29 is 9.32 Å². The molecule has 5 nitrogen and oxygen atoms in total. The molecular weight excluding hydrogens is 314 g/mol. The Morgan fingerprint density at radius 3 is 2.87 bits per heavy atom. The number of rotatable bonds is 3. The molecule has 0 bridgehead atoms. The van der Waals surface area contributed by atoms with Crippen LogP contribution in [-0.2, 0) is 0 Å². The fraction of sp³-hybridized carbons (Fsp3) is 0.412. The number of nitrogens with two attached hydrogens (primary N) is 1. The number of amides is 1. The van der Waals surface area contributed by atoms with Gasteiger partial charge in [-0.1, -0.05) is 35.0 Å². The van der Waals surface area contributed by atoms with Crippen LogP contribution in [0.15, 0.2) is 28.8 Å². The summed E-state index contributed by atoms with van der Waals surface area (Å²) in [5.41, 5.74) is 7.46. The number of hydrogen-bond acceptors (Lipinski definition) is 4. The fourth-order valence-corrected chi connectivity index (χ4v) is 3.43. The van der Waals surface area contributed by atoms with E-state index in [1.165, 1.54) is 0 Å². The van der Waals surface area contributed by atoms with Crippen LogP contribution < -0.4 is 5.73 Å². The van der Waals surface area contributed by atoms with E-state index in [4.69, 9.17) is 21.9 Å². The lowest BCUT2D eigenvalue weighted by Gasteiger charge is -2.21. The zero-order chi connectivity index (χ0) is 16.6. The molecule has 0 saturated carbocycles. The quantitative estimate of drug-likeness (QED) is 0.936. The molecule has 23 heavy (non-hydrogen) atoms. The Morgan fingerprint density at radius 1 is 1.48 bits per heavy atom. The van der Waals surface area contributed by atoms with Gasteiger partial charge >= 0.3 is 0 Å². The summed E-state index contributed by atoms with van der Waals surface area (Å²) in [6.45, 7) is 5.06. The van der Waals surface area contributed by atoms with Gasteiger partial charge in [0.2, 0.25) is 0 Å². The lowest BCUT2D eigenvalue weighted by molar-refractivity contribution is 0.0742. The van der Waals surface area contributed by atoms with Gasteiger partial charge in [-0.05, 0) is 38.8 Å². The zero-order valence-corrected chi connectivity index (χ0v) is 14.0. The van der Waals surface area contributed by atoms with Crippen molar-refractivity contribution in [3.05, 3.63) is 40.6 Å². The number of aryl methyl sites for hydroxylation is 1. The standard InChI is InChI=1S/C17H20ClN3O2/c1-10-7-12(8-19)9-21(10)17(22)15-11(2)23-20-16(15)13-5-3-4-6-14(13)18/h3-6,10,12H,7-9,19H2,1-2H3. The third-order valence-corrected chi connectivity index (χ3v) is 4.79. The molecule has 2 unspecified atom stereocenters. The summed E-state index contributed by atoms with van der Waals surface area (Å²) in [5, 5.41) is 4.62. The first-order valence-electron chi connectivity index (χ1n) is 7.75. The van der Waals surface area contributed by atoms with E-state index in [-0.39, 0.29) is 11.9 Å². The second-order valence-electron chi connectivity index (χ2n) is 6.09. The number of aromatic nitrogens is 1. The van der Waals surface area contributed by atoms with Crippen molar-refractivity contribution in [3.63, 3.8) is 0 Å². The molecule has 1 saturated heterocycles. The molecule has 1 aromatic heterocycles. The molecular formula is C17H20ClN3O2. The highest BCUT2D eigenvalue weighted by atomic mass is 35.5. The monoisotopic (exact) mass is 333 g/mol. The number of hydrogen-bond donors (Lipinski definition) is 1. The van der Waals surface area contributed by atoms with Gasteiger partial charge in [-0.3, -0.25) is 4.79 Å². The van der Waals surface area contributed by atoms with Gasteiger partial charge in [-0.15, -0.1) is 0 Å². The van der Waals surface area contributed by atoms with E-state index >= 15 is 0 Å². The van der Waals surface area contributed by atoms with E-state index in [0.717, 1.165) is 6.42 Å². The summed E-state index contributed by atoms with van der Waals surface area (Å²) in [5.74, 6) is 0.785. The Labute approximate surface area is 140 Å². The Kier molecular flexibility index (Phi) is 4.41. The summed E-state index contributed by atoms with van der Waals surface area (Å²) in [6.07, 6.45) is 0.925. The SMILES string of the molecule is Cc1onc(-c2ccccc2Cl)c1C(=O)N1CC(CN)CC1C. The summed E-state index contributed by atoms with van der Waals surface area (Å²) in [4.78, 5) is 14.9. The summed E-state index contributed by atoms with van der Waals surface area (Å²) >= 11 is 6.26. The topological polar surface area (TPSA) is 72.4 Å². The highest BCUT2D eigenvalue weighted by Crippen LogP contribution is 2.33. The highest BCUT2D eigenvalue weighted by molar-refractivity contribution is 6.33. The number of benzene rings is 1. The predicted molar refractivity (Wildman–Crippen MR) is 89.3 cm³/mol. The summed E-state index contributed by atoms with van der Waals surface area (Å²) < 4.78 is 5.29. The van der Waals surface area contributed by atoms with Gasteiger partial charge in [0.25, 0.3) is 5.91 Å². The van der Waals surface area contributed by atoms with Crippen molar-refractivity contribution in [1.82, 2.24) is 10.1 Å². The van der Waals surface area contributed by atoms with Gasteiger partial charge in [0.1, 0.15) is 17.0 Å². The van der Waals surface area contributed by atoms with E-state index in [1.807, 2.05) is 30.0 Å². The fourth-order valence-electron chi connectivity index (χ4n) is 3.20. The molecule has 0 radical (unpaired) electrons. The average molecular weight is 334 g/mol. The van der Waals surface area contributed by atoms with Crippen molar-refractivity contribution >= 4 is 17.5 Å². The second-order valence-corrected chi connectivity index (χ2v) is 6.49. The first-order chi connectivity index (χ1) is 11.0. The normalized spacial score (nSPS) is 21.0. The van der Waals surface area contributed by atoms with Crippen molar-refractivity contribution in [2.24, 2.45) is 11.7 Å². The molecule has 2 aromatic rings. The maximum Gasteiger partial charge on any atom is 0.259 e. The summed E-state index contributed by atoms with van der Waals surface area (Å²) in [7, 11) is 0. The predicted octanol–water partition coefficient (Wildman–Crippen LogP) is 3.11. The van der Waals surface area contributed by atoms with E-state index in [1.54, 1.807) is 13.0 Å². The van der Waals surface area contributed by atoms with Crippen molar-refractivity contribution in [2.75, 3.05) is 13.1 Å². The second kappa shape index (κ2) is 6.34. The van der Waals surface area contributed by atoms with Crippen LogP contribution >= 0.6 is 11.6 Å². The molecule has 1 aromatic carbocycles. The number of likely N-dealkylation sites (tertiary alicyclic amines) is 1. The first-order valence-corrected chi connectivity index (χ1v) is 8.13. The van der Waals surface area contributed by atoms with Crippen molar-refractivity contribution in [1.29, 1.82) is 0 Å². The largest absolute Gasteiger partial charge is 0.360 e. The van der Waals surface area contributed by atoms with Gasteiger partial charge in [0.05, 0.1) is 5.02 Å². The minimum Gasteiger partial charge on any atom is -0.360 e. The van der Waals surface area contributed by atoms with Gasteiger partial charge in [-0.2, -0.15) is 0 Å². The minimum atomic E-state index is -0.0675. The molecule has 122 valence electrons. The molecule has 2 N–H and O–H groups in total. The molecule has 6 heteroatoms. The molecule has 2 atom stereocenters. The number of carbonyl (C=O) groups excluding carboxylic acids is 1. The highest BCUT2D eigenvalue weighted by Gasteiger charge is 2.35. The van der Waals surface area contributed by atoms with Crippen LogP contribution in [0.25, 0.3) is 11.3 Å². The van der Waals surface area contributed by atoms with Gasteiger partial charge in [0, 0.05) is 18.2 Å². The van der Waals surface area contributed by atoms with E-state index in [0.29, 0.717) is 46.6 Å². The Morgan fingerprint density at radius 2 is 2.22 bits per heavy atom. The van der Waals surface area contributed by atoms with Crippen molar-refractivity contribution in [3.8, 4) is 11.3 Å². The Hall–Kier alpha value is -1.85. The number of carbonyl (C=O) groups is 1. The van der Waals surface area contributed by atoms with Gasteiger partial charge in [-0.25, -0.2) is 0 Å². The van der Waals surface area contributed by atoms with Crippen LogP contribution in [0, 0.1) is 12.8 Å². The van der Waals surface area contributed by atoms with Gasteiger partial charge < -0.3 is 15.2 Å². The number of halogens is 1. The van der Waals surface area contributed by atoms with Crippen LogP contribution in [0.2, 0.25) is 5.02 Å². The lowest BCUT2D eigenvalue weighted by atomic mass is 10.0. The molecule has 0 spiro atoms. The molecule has 1 aliphatic heterocycles. The van der Waals surface area contributed by atoms with Crippen molar-refractivity contribution in [2.45, 2.75) is 26.3 Å². The average Bonchev–Trinajstić information content (AvgIpc) is 3.10. The van der Waals surface area contributed by atoms with E-state index < -0.39 is 0 Å². The van der Waals surface area contributed by atoms with E-state index in [9.17, 15) is 4.79 Å². The third kappa shape index (κ3) is 2.86. The van der Waals surface area contributed by atoms with Crippen LogP contribution in [-0.4, -0.2) is 35.1 Å². The Bertz CT molecular complexity index is 728. The van der Waals surface area contributed by atoms with E-state index in [2.05, 4.69) is 5.16 Å². The van der Waals surface area contributed by atoms with Crippen LogP contribution in [0.5, 0.6) is 0 Å². The smallest absolute Gasteiger partial charge is 0.259 e. The summed E-state index contributed by atoms with van der Waals surface area (Å²) in [6, 6.07) is 7.48. The van der Waals surface area contributed by atoms with Gasteiger partial charge in [0.15, 0.2) is 0 Å². The lowest BCUT2D eigenvalue weighted by Crippen LogP contribution is -2.34. The molecule has 1 aliphatic rings. The van der Waals surface area contributed by atoms with Crippen LogP contribution in [0.3, 0.4) is 0 Å². The molecule has 0 aliphatic carbocycles. The first kappa shape index (κ1) is 16.0. The number of nitrogens with zero attached hydrogens (tertiary/aromatic N) is 2. The molecule has 1 fully saturated rings. The molecule has 3 rings (SSSR count). The minimum absolute atomic E-state index is 0.0675. The van der Waals surface area contributed by atoms with Crippen LogP contribution in [0.1, 0.15) is 29.5 Å². The Balaban J connectivity index is 1.99. The molecule has 1 amide bonds. The van der Waals surface area contributed by atoms with Crippen LogP contribution in [0.4, 0.5) is 0 Å². The molecule has 2 heterocycles.